The maximum atomic E-state index is 13.5. The van der Waals surface area contributed by atoms with E-state index < -0.39 is 17.2 Å². The molecular formula is C15H16ClFO3. The van der Waals surface area contributed by atoms with Gasteiger partial charge in [-0.15, -0.1) is 0 Å². The molecule has 1 saturated carbocycles. The summed E-state index contributed by atoms with van der Waals surface area (Å²) < 4.78 is 19.2. The van der Waals surface area contributed by atoms with Gasteiger partial charge in [-0.05, 0) is 43.2 Å². The quantitative estimate of drug-likeness (QED) is 0.928. The Morgan fingerprint density at radius 3 is 2.90 bits per heavy atom. The Balaban J connectivity index is 1.95. The number of carboxylic acids is 1. The third kappa shape index (κ3) is 2.21. The number of ether oxygens (including phenoxy) is 1. The maximum Gasteiger partial charge on any atom is 0.312 e. The summed E-state index contributed by atoms with van der Waals surface area (Å²) in [7, 11) is 0. The lowest BCUT2D eigenvalue weighted by Gasteiger charge is -2.30. The van der Waals surface area contributed by atoms with Gasteiger partial charge in [0.2, 0.25) is 0 Å². The zero-order valence-electron chi connectivity index (χ0n) is 10.9. The summed E-state index contributed by atoms with van der Waals surface area (Å²) in [5, 5.41) is 9.74. The van der Waals surface area contributed by atoms with Crippen molar-refractivity contribution in [1.82, 2.24) is 0 Å². The zero-order valence-corrected chi connectivity index (χ0v) is 11.7. The molecule has 1 N–H and O–H groups in total. The normalized spacial score (nSPS) is 29.6. The molecule has 1 heterocycles. The van der Waals surface area contributed by atoms with E-state index in [1.807, 2.05) is 0 Å². The van der Waals surface area contributed by atoms with Crippen molar-refractivity contribution in [3.05, 3.63) is 34.6 Å². The van der Waals surface area contributed by atoms with Gasteiger partial charge in [0.1, 0.15) is 11.2 Å². The Labute approximate surface area is 121 Å². The summed E-state index contributed by atoms with van der Waals surface area (Å²) in [5.74, 6) is -1.06. The lowest BCUT2D eigenvalue weighted by molar-refractivity contribution is -0.153. The smallest absolute Gasteiger partial charge is 0.312 e. The van der Waals surface area contributed by atoms with Gasteiger partial charge in [-0.1, -0.05) is 23.7 Å². The minimum absolute atomic E-state index is 0.0228. The highest BCUT2D eigenvalue weighted by atomic mass is 35.5. The van der Waals surface area contributed by atoms with Gasteiger partial charge < -0.3 is 9.84 Å². The predicted octanol–water partition coefficient (Wildman–Crippen LogP) is 3.29. The van der Waals surface area contributed by atoms with Crippen LogP contribution >= 0.6 is 11.6 Å². The fourth-order valence-corrected chi connectivity index (χ4v) is 3.37. The minimum Gasteiger partial charge on any atom is -0.481 e. The van der Waals surface area contributed by atoms with Crippen LogP contribution in [0, 0.1) is 17.2 Å². The van der Waals surface area contributed by atoms with Crippen LogP contribution in [0.15, 0.2) is 18.2 Å². The molecule has 1 aromatic carbocycles. The monoisotopic (exact) mass is 298 g/mol. The van der Waals surface area contributed by atoms with Crippen LogP contribution in [0.25, 0.3) is 0 Å². The van der Waals surface area contributed by atoms with Gasteiger partial charge in [0.05, 0.1) is 11.1 Å². The van der Waals surface area contributed by atoms with Gasteiger partial charge in [-0.3, -0.25) is 4.79 Å². The summed E-state index contributed by atoms with van der Waals surface area (Å²) in [6, 6.07) is 4.54. The summed E-state index contributed by atoms with van der Waals surface area (Å²) >= 11 is 5.97. The van der Waals surface area contributed by atoms with Crippen LogP contribution in [0.3, 0.4) is 0 Å². The molecule has 2 aliphatic rings. The highest BCUT2D eigenvalue weighted by molar-refractivity contribution is 6.31. The molecule has 0 radical (unpaired) electrons. The topological polar surface area (TPSA) is 46.5 Å². The number of halogens is 2. The van der Waals surface area contributed by atoms with Gasteiger partial charge in [-0.2, -0.15) is 0 Å². The molecule has 2 fully saturated rings. The van der Waals surface area contributed by atoms with E-state index >= 15 is 0 Å². The number of carboxylic acid groups (broad SMARTS) is 1. The summed E-state index contributed by atoms with van der Waals surface area (Å²) in [5.41, 5.74) is -0.427. The predicted molar refractivity (Wildman–Crippen MR) is 72.3 cm³/mol. The molecule has 2 atom stereocenters. The van der Waals surface area contributed by atoms with Gasteiger partial charge >= 0.3 is 5.97 Å². The largest absolute Gasteiger partial charge is 0.481 e. The van der Waals surface area contributed by atoms with Crippen molar-refractivity contribution in [2.45, 2.75) is 31.8 Å². The summed E-state index contributed by atoms with van der Waals surface area (Å²) in [6.07, 6.45) is 2.42. The Hall–Kier alpha value is -1.13. The molecule has 20 heavy (non-hydrogen) atoms. The van der Waals surface area contributed by atoms with E-state index in [0.29, 0.717) is 24.5 Å². The van der Waals surface area contributed by atoms with Crippen molar-refractivity contribution in [1.29, 1.82) is 0 Å². The number of benzene rings is 1. The van der Waals surface area contributed by atoms with E-state index in [1.54, 1.807) is 12.1 Å². The van der Waals surface area contributed by atoms with Gasteiger partial charge in [0.15, 0.2) is 0 Å². The molecule has 1 aromatic rings. The molecule has 5 heteroatoms. The van der Waals surface area contributed by atoms with Crippen molar-refractivity contribution in [3.63, 3.8) is 0 Å². The van der Waals surface area contributed by atoms with E-state index in [4.69, 9.17) is 16.3 Å². The number of aliphatic carboxylic acids is 1. The van der Waals surface area contributed by atoms with Crippen molar-refractivity contribution in [3.8, 4) is 0 Å². The fourth-order valence-electron chi connectivity index (χ4n) is 3.17. The molecule has 1 saturated heterocycles. The fraction of sp³-hybridized carbons (Fsp3) is 0.533. The van der Waals surface area contributed by atoms with Crippen LogP contribution in [0.4, 0.5) is 4.39 Å². The average molecular weight is 299 g/mol. The molecule has 0 aromatic heterocycles. The van der Waals surface area contributed by atoms with Crippen LogP contribution in [0.1, 0.15) is 24.8 Å². The minimum atomic E-state index is -0.974. The lowest BCUT2D eigenvalue weighted by atomic mass is 9.74. The maximum absolute atomic E-state index is 13.5. The van der Waals surface area contributed by atoms with E-state index in [-0.39, 0.29) is 17.5 Å². The Kier molecular flexibility index (Phi) is 3.46. The Morgan fingerprint density at radius 2 is 2.25 bits per heavy atom. The van der Waals surface area contributed by atoms with Gasteiger partial charge in [-0.25, -0.2) is 4.39 Å². The first-order valence-electron chi connectivity index (χ1n) is 6.82. The number of hydrogen-bond donors (Lipinski definition) is 1. The Bertz CT molecular complexity index is 544. The van der Waals surface area contributed by atoms with E-state index in [1.165, 1.54) is 6.07 Å². The number of hydrogen-bond acceptors (Lipinski definition) is 2. The second kappa shape index (κ2) is 5.01. The van der Waals surface area contributed by atoms with Crippen molar-refractivity contribution in [2.24, 2.45) is 11.3 Å². The van der Waals surface area contributed by atoms with Crippen molar-refractivity contribution < 1.29 is 19.0 Å². The highest BCUT2D eigenvalue weighted by Crippen LogP contribution is 2.50. The molecule has 0 bridgehead atoms. The standard InChI is InChI=1S/C15H16ClFO3/c16-12-10(2-1-3-11(12)17)8-15(14(18)19)6-7-20-13(15)9-4-5-9/h1-3,9,13H,4-8H2,(H,18,19). The van der Waals surface area contributed by atoms with E-state index in [9.17, 15) is 14.3 Å². The lowest BCUT2D eigenvalue weighted by Crippen LogP contribution is -2.42. The molecule has 1 aliphatic carbocycles. The molecule has 0 amide bonds. The van der Waals surface area contributed by atoms with Crippen LogP contribution < -0.4 is 0 Å². The number of rotatable bonds is 4. The SMILES string of the molecule is O=C(O)C1(Cc2cccc(F)c2Cl)CCOC1C1CC1. The highest BCUT2D eigenvalue weighted by Gasteiger charge is 2.55. The second-order valence-corrected chi connectivity index (χ2v) is 6.11. The van der Waals surface area contributed by atoms with Crippen molar-refractivity contribution >= 4 is 17.6 Å². The van der Waals surface area contributed by atoms with Crippen LogP contribution in [0.2, 0.25) is 5.02 Å². The van der Waals surface area contributed by atoms with Crippen LogP contribution in [-0.2, 0) is 16.0 Å². The molecule has 3 rings (SSSR count). The first-order chi connectivity index (χ1) is 9.54. The van der Waals surface area contributed by atoms with Gasteiger partial charge in [0.25, 0.3) is 0 Å². The average Bonchev–Trinajstić information content (AvgIpc) is 3.16. The van der Waals surface area contributed by atoms with Crippen LogP contribution in [-0.4, -0.2) is 23.8 Å². The third-order valence-corrected chi connectivity index (χ3v) is 4.83. The third-order valence-electron chi connectivity index (χ3n) is 4.40. The van der Waals surface area contributed by atoms with Crippen molar-refractivity contribution in [2.75, 3.05) is 6.61 Å². The molecule has 2 unspecified atom stereocenters. The first kappa shape index (κ1) is 13.8. The molecule has 1 aliphatic heterocycles. The van der Waals surface area contributed by atoms with E-state index in [0.717, 1.165) is 12.8 Å². The second-order valence-electron chi connectivity index (χ2n) is 5.73. The first-order valence-corrected chi connectivity index (χ1v) is 7.20. The van der Waals surface area contributed by atoms with E-state index in [2.05, 4.69) is 0 Å². The summed E-state index contributed by atoms with van der Waals surface area (Å²) in [4.78, 5) is 11.8. The molecule has 108 valence electrons. The number of carbonyl (C=O) groups is 1. The molecule has 3 nitrogen and oxygen atoms in total. The summed E-state index contributed by atoms with van der Waals surface area (Å²) in [6.45, 7) is 0.445. The van der Waals surface area contributed by atoms with Crippen LogP contribution in [0.5, 0.6) is 0 Å². The zero-order chi connectivity index (χ0) is 14.3. The van der Waals surface area contributed by atoms with Gasteiger partial charge in [0, 0.05) is 6.61 Å². The molecular weight excluding hydrogens is 283 g/mol. The Morgan fingerprint density at radius 1 is 1.50 bits per heavy atom. The molecule has 0 spiro atoms.